The van der Waals surface area contributed by atoms with E-state index in [0.717, 1.165) is 43.5 Å². The van der Waals surface area contributed by atoms with Crippen molar-refractivity contribution in [1.82, 2.24) is 9.88 Å². The predicted octanol–water partition coefficient (Wildman–Crippen LogP) is 4.96. The molecule has 6 nitrogen and oxygen atoms in total. The fourth-order valence-corrected chi connectivity index (χ4v) is 5.65. The number of likely N-dealkylation sites (tertiary alicyclic amines) is 1. The summed E-state index contributed by atoms with van der Waals surface area (Å²) >= 11 is 7.18. The molecule has 1 saturated heterocycles. The van der Waals surface area contributed by atoms with E-state index in [9.17, 15) is 17.2 Å². The summed E-state index contributed by atoms with van der Waals surface area (Å²) in [4.78, 5) is 4.91. The Labute approximate surface area is 200 Å². The Bertz CT molecular complexity index is 1190. The number of rotatable bonds is 8. The summed E-state index contributed by atoms with van der Waals surface area (Å²) in [6.07, 6.45) is 2.00. The lowest BCUT2D eigenvalue weighted by atomic mass is 10.1. The van der Waals surface area contributed by atoms with Crippen molar-refractivity contribution < 1.29 is 21.9 Å². The van der Waals surface area contributed by atoms with Gasteiger partial charge in [0.2, 0.25) is 0 Å². The van der Waals surface area contributed by atoms with Crippen molar-refractivity contribution >= 4 is 38.8 Å². The van der Waals surface area contributed by atoms with Crippen LogP contribution in [0.25, 0.3) is 0 Å². The van der Waals surface area contributed by atoms with Crippen molar-refractivity contribution in [3.8, 4) is 5.75 Å². The van der Waals surface area contributed by atoms with Gasteiger partial charge in [-0.25, -0.2) is 22.2 Å². The number of nitrogens with zero attached hydrogens (tertiary/aromatic N) is 2. The largest absolute Gasteiger partial charge is 0.489 e. The normalized spacial score (nSPS) is 15.5. The Morgan fingerprint density at radius 2 is 1.94 bits per heavy atom. The van der Waals surface area contributed by atoms with E-state index < -0.39 is 31.6 Å². The number of sulfonamides is 1. The lowest BCUT2D eigenvalue weighted by Crippen LogP contribution is -2.39. The number of benzene rings is 2. The van der Waals surface area contributed by atoms with Crippen molar-refractivity contribution in [3.63, 3.8) is 0 Å². The summed E-state index contributed by atoms with van der Waals surface area (Å²) in [7, 11) is -4.56. The smallest absolute Gasteiger partial charge is 0.269 e. The van der Waals surface area contributed by atoms with Gasteiger partial charge in [0, 0.05) is 31.1 Å². The SMILES string of the molecule is O=S(=O)(Nc1cscn1)c1c(F)cc(OC2CCN(CCc3ccccc3)CC2)c(Cl)c1F. The van der Waals surface area contributed by atoms with Gasteiger partial charge in [-0.3, -0.25) is 4.72 Å². The maximum Gasteiger partial charge on any atom is 0.269 e. The lowest BCUT2D eigenvalue weighted by molar-refractivity contribution is 0.101. The minimum atomic E-state index is -4.56. The zero-order chi connectivity index (χ0) is 23.4. The van der Waals surface area contributed by atoms with Gasteiger partial charge in [0.15, 0.2) is 22.3 Å². The van der Waals surface area contributed by atoms with Crippen LogP contribution in [0.2, 0.25) is 5.02 Å². The average Bonchev–Trinajstić information content (AvgIpc) is 3.29. The predicted molar refractivity (Wildman–Crippen MR) is 125 cm³/mol. The monoisotopic (exact) mass is 513 g/mol. The van der Waals surface area contributed by atoms with Crippen LogP contribution in [0.5, 0.6) is 5.75 Å². The standard InChI is InChI=1S/C22H22ClF2N3O3S2/c23-20-18(12-17(24)22(21(20)25)33(29,30)27-19-13-32-14-26-19)31-16-7-10-28(11-8-16)9-6-15-4-2-1-3-5-15/h1-5,12-14,16,27H,6-11H2. The van der Waals surface area contributed by atoms with E-state index in [4.69, 9.17) is 16.3 Å². The lowest BCUT2D eigenvalue weighted by Gasteiger charge is -2.32. The molecule has 4 rings (SSSR count). The molecule has 2 aromatic carbocycles. The van der Waals surface area contributed by atoms with Gasteiger partial charge >= 0.3 is 0 Å². The number of hydrogen-bond acceptors (Lipinski definition) is 6. The van der Waals surface area contributed by atoms with E-state index in [1.807, 2.05) is 22.9 Å². The molecule has 0 aliphatic carbocycles. The molecule has 0 radical (unpaired) electrons. The number of anilines is 1. The Hall–Kier alpha value is -2.27. The minimum absolute atomic E-state index is 0.0331. The molecule has 33 heavy (non-hydrogen) atoms. The van der Waals surface area contributed by atoms with Gasteiger partial charge in [-0.1, -0.05) is 41.9 Å². The van der Waals surface area contributed by atoms with Gasteiger partial charge in [-0.15, -0.1) is 11.3 Å². The topological polar surface area (TPSA) is 71.5 Å². The first kappa shape index (κ1) is 23.9. The summed E-state index contributed by atoms with van der Waals surface area (Å²) < 4.78 is 62.2. The molecule has 3 aromatic rings. The molecule has 0 unspecified atom stereocenters. The van der Waals surface area contributed by atoms with Crippen LogP contribution in [0, 0.1) is 11.6 Å². The molecule has 0 atom stereocenters. The van der Waals surface area contributed by atoms with Crippen molar-refractivity contribution in [3.05, 3.63) is 69.5 Å². The molecule has 0 spiro atoms. The highest BCUT2D eigenvalue weighted by atomic mass is 35.5. The average molecular weight is 514 g/mol. The summed E-state index contributed by atoms with van der Waals surface area (Å²) in [5.41, 5.74) is 2.66. The second-order valence-electron chi connectivity index (χ2n) is 7.69. The third-order valence-corrected chi connectivity index (χ3v) is 7.74. The molecule has 0 bridgehead atoms. The second-order valence-corrected chi connectivity index (χ2v) is 10.4. The number of aromatic nitrogens is 1. The number of halogens is 3. The molecule has 176 valence electrons. The van der Waals surface area contributed by atoms with E-state index in [2.05, 4.69) is 22.0 Å². The Balaban J connectivity index is 1.39. The summed E-state index contributed by atoms with van der Waals surface area (Å²) in [5.74, 6) is -2.92. The van der Waals surface area contributed by atoms with Crippen LogP contribution in [-0.4, -0.2) is 44.0 Å². The van der Waals surface area contributed by atoms with Crippen LogP contribution in [0.3, 0.4) is 0 Å². The number of hydrogen-bond donors (Lipinski definition) is 1. The summed E-state index contributed by atoms with van der Waals surface area (Å²) in [6, 6.07) is 11.0. The highest BCUT2D eigenvalue weighted by molar-refractivity contribution is 7.92. The minimum Gasteiger partial charge on any atom is -0.489 e. The number of thiazole rings is 1. The molecular formula is C22H22ClF2N3O3S2. The van der Waals surface area contributed by atoms with Gasteiger partial charge in [0.1, 0.15) is 16.9 Å². The van der Waals surface area contributed by atoms with Gasteiger partial charge in [0.25, 0.3) is 10.0 Å². The molecule has 11 heteroatoms. The van der Waals surface area contributed by atoms with Crippen molar-refractivity contribution in [1.29, 1.82) is 0 Å². The van der Waals surface area contributed by atoms with Crippen LogP contribution in [-0.2, 0) is 16.4 Å². The van der Waals surface area contributed by atoms with Crippen molar-refractivity contribution in [2.75, 3.05) is 24.4 Å². The van der Waals surface area contributed by atoms with Crippen LogP contribution in [0.15, 0.2) is 52.2 Å². The summed E-state index contributed by atoms with van der Waals surface area (Å²) in [6.45, 7) is 2.48. The Morgan fingerprint density at radius 3 is 2.61 bits per heavy atom. The van der Waals surface area contributed by atoms with Gasteiger partial charge in [-0.2, -0.15) is 0 Å². The van der Waals surface area contributed by atoms with Crippen LogP contribution in [0.1, 0.15) is 18.4 Å². The maximum atomic E-state index is 14.8. The van der Waals surface area contributed by atoms with Gasteiger partial charge in [-0.05, 0) is 24.8 Å². The van der Waals surface area contributed by atoms with E-state index in [-0.39, 0.29) is 17.7 Å². The van der Waals surface area contributed by atoms with E-state index in [0.29, 0.717) is 12.8 Å². The molecule has 1 N–H and O–H groups in total. The highest BCUT2D eigenvalue weighted by Crippen LogP contribution is 2.36. The van der Waals surface area contributed by atoms with Gasteiger partial charge < -0.3 is 9.64 Å². The van der Waals surface area contributed by atoms with Gasteiger partial charge in [0.05, 0.1) is 5.51 Å². The van der Waals surface area contributed by atoms with Crippen LogP contribution >= 0.6 is 22.9 Å². The number of ether oxygens (including phenoxy) is 1. The molecular weight excluding hydrogens is 492 g/mol. The molecule has 1 aliphatic rings. The third-order valence-electron chi connectivity index (χ3n) is 5.41. The Morgan fingerprint density at radius 1 is 1.21 bits per heavy atom. The zero-order valence-corrected chi connectivity index (χ0v) is 19.9. The second kappa shape index (κ2) is 10.3. The first-order chi connectivity index (χ1) is 15.8. The number of piperidine rings is 1. The highest BCUT2D eigenvalue weighted by Gasteiger charge is 2.30. The first-order valence-electron chi connectivity index (χ1n) is 10.3. The molecule has 0 saturated carbocycles. The molecule has 2 heterocycles. The zero-order valence-electron chi connectivity index (χ0n) is 17.5. The van der Waals surface area contributed by atoms with E-state index in [1.165, 1.54) is 16.5 Å². The third kappa shape index (κ3) is 5.81. The van der Waals surface area contributed by atoms with E-state index >= 15 is 0 Å². The van der Waals surface area contributed by atoms with Crippen molar-refractivity contribution in [2.45, 2.75) is 30.3 Å². The Kier molecular flexibility index (Phi) is 7.48. The molecule has 1 aliphatic heterocycles. The first-order valence-corrected chi connectivity index (χ1v) is 13.2. The van der Waals surface area contributed by atoms with E-state index in [1.54, 1.807) is 0 Å². The molecule has 0 amide bonds. The summed E-state index contributed by atoms with van der Waals surface area (Å²) in [5, 5.41) is 0.833. The van der Waals surface area contributed by atoms with Crippen LogP contribution < -0.4 is 9.46 Å². The maximum absolute atomic E-state index is 14.8. The fourth-order valence-electron chi connectivity index (χ4n) is 3.70. The molecule has 1 aromatic heterocycles. The van der Waals surface area contributed by atoms with Crippen molar-refractivity contribution in [2.24, 2.45) is 0 Å². The molecule has 1 fully saturated rings. The quantitative estimate of drug-likeness (QED) is 0.431. The fraction of sp³-hybridized carbons (Fsp3) is 0.318. The number of nitrogens with one attached hydrogen (secondary N) is 1. The van der Waals surface area contributed by atoms with Crippen LogP contribution in [0.4, 0.5) is 14.6 Å².